The van der Waals surface area contributed by atoms with Gasteiger partial charge in [0.1, 0.15) is 10.7 Å². The van der Waals surface area contributed by atoms with Crippen LogP contribution in [0.25, 0.3) is 10.6 Å². The standard InChI is InChI=1S/C21H21N3O2S/c25-19(17-10-15-8-4-5-9-16(15)11-22-17)12-23-20(26)18-13-27-21(24-18)14-6-2-1-3-7-14/h1-9,13,17,19,22,25H,10-12H2,(H,23,26)/t17-,19+/m0/s1. The van der Waals surface area contributed by atoms with Crippen molar-refractivity contribution in [3.8, 4) is 10.6 Å². The van der Waals surface area contributed by atoms with Crippen LogP contribution in [-0.2, 0) is 13.0 Å². The summed E-state index contributed by atoms with van der Waals surface area (Å²) < 4.78 is 0. The predicted molar refractivity (Wildman–Crippen MR) is 107 cm³/mol. The minimum atomic E-state index is -0.658. The quantitative estimate of drug-likeness (QED) is 0.637. The van der Waals surface area contributed by atoms with E-state index in [1.807, 2.05) is 42.5 Å². The van der Waals surface area contributed by atoms with Crippen molar-refractivity contribution in [2.45, 2.75) is 25.1 Å². The summed E-state index contributed by atoms with van der Waals surface area (Å²) in [5.74, 6) is -0.260. The van der Waals surface area contributed by atoms with Gasteiger partial charge in [-0.2, -0.15) is 0 Å². The van der Waals surface area contributed by atoms with E-state index in [0.717, 1.165) is 23.5 Å². The van der Waals surface area contributed by atoms with Crippen molar-refractivity contribution in [2.75, 3.05) is 6.54 Å². The summed E-state index contributed by atoms with van der Waals surface area (Å²) in [5, 5.41) is 19.2. The molecule has 2 aromatic carbocycles. The summed E-state index contributed by atoms with van der Waals surface area (Å²) in [6, 6.07) is 17.9. The lowest BCUT2D eigenvalue weighted by Gasteiger charge is -2.29. The molecule has 0 bridgehead atoms. The molecule has 1 aliphatic rings. The predicted octanol–water partition coefficient (Wildman–Crippen LogP) is 2.62. The van der Waals surface area contributed by atoms with Crippen molar-refractivity contribution in [3.05, 3.63) is 76.8 Å². The first-order valence-corrected chi connectivity index (χ1v) is 9.86. The van der Waals surface area contributed by atoms with Crippen molar-refractivity contribution in [2.24, 2.45) is 0 Å². The van der Waals surface area contributed by atoms with Crippen LogP contribution in [0, 0.1) is 0 Å². The molecule has 27 heavy (non-hydrogen) atoms. The number of amides is 1. The van der Waals surface area contributed by atoms with Crippen LogP contribution in [0.5, 0.6) is 0 Å². The third kappa shape index (κ3) is 4.08. The topological polar surface area (TPSA) is 74.2 Å². The van der Waals surface area contributed by atoms with Crippen molar-refractivity contribution in [3.63, 3.8) is 0 Å². The molecule has 1 aromatic heterocycles. The SMILES string of the molecule is O=C(NC[C@@H](O)[C@@H]1Cc2ccccc2CN1)c1csc(-c2ccccc2)n1. The molecule has 0 radical (unpaired) electrons. The number of nitrogens with zero attached hydrogens (tertiary/aromatic N) is 1. The van der Waals surface area contributed by atoms with Gasteiger partial charge < -0.3 is 15.7 Å². The van der Waals surface area contributed by atoms with Gasteiger partial charge in [-0.1, -0.05) is 54.6 Å². The van der Waals surface area contributed by atoms with Gasteiger partial charge in [0.2, 0.25) is 0 Å². The van der Waals surface area contributed by atoms with Crippen LogP contribution in [0.1, 0.15) is 21.6 Å². The Hall–Kier alpha value is -2.54. The lowest BCUT2D eigenvalue weighted by atomic mass is 9.93. The molecule has 4 rings (SSSR count). The lowest BCUT2D eigenvalue weighted by Crippen LogP contribution is -2.49. The van der Waals surface area contributed by atoms with Crippen LogP contribution in [0.2, 0.25) is 0 Å². The molecule has 0 spiro atoms. The highest BCUT2D eigenvalue weighted by Crippen LogP contribution is 2.23. The molecule has 0 aliphatic carbocycles. The fourth-order valence-electron chi connectivity index (χ4n) is 3.27. The van der Waals surface area contributed by atoms with Crippen molar-refractivity contribution < 1.29 is 9.90 Å². The maximum absolute atomic E-state index is 12.4. The number of rotatable bonds is 5. The van der Waals surface area contributed by atoms with Gasteiger partial charge in [-0.15, -0.1) is 11.3 Å². The van der Waals surface area contributed by atoms with E-state index in [1.54, 1.807) is 5.38 Å². The van der Waals surface area contributed by atoms with Gasteiger partial charge in [0.05, 0.1) is 6.10 Å². The highest BCUT2D eigenvalue weighted by Gasteiger charge is 2.25. The molecule has 0 fully saturated rings. The molecular formula is C21H21N3O2S. The number of aliphatic hydroxyl groups is 1. The number of hydrogen-bond acceptors (Lipinski definition) is 5. The molecule has 2 heterocycles. The van der Waals surface area contributed by atoms with Gasteiger partial charge in [0.15, 0.2) is 0 Å². The summed E-state index contributed by atoms with van der Waals surface area (Å²) in [5.41, 5.74) is 3.89. The second-order valence-electron chi connectivity index (χ2n) is 6.64. The first kappa shape index (κ1) is 17.9. The van der Waals surface area contributed by atoms with Gasteiger partial charge in [0.25, 0.3) is 5.91 Å². The molecule has 0 unspecified atom stereocenters. The second-order valence-corrected chi connectivity index (χ2v) is 7.50. The number of thiazole rings is 1. The zero-order valence-corrected chi connectivity index (χ0v) is 15.6. The Morgan fingerprint density at radius 2 is 1.93 bits per heavy atom. The number of nitrogens with one attached hydrogen (secondary N) is 2. The maximum atomic E-state index is 12.4. The van der Waals surface area contributed by atoms with E-state index < -0.39 is 6.10 Å². The second kappa shape index (κ2) is 8.00. The van der Waals surface area contributed by atoms with E-state index in [4.69, 9.17) is 0 Å². The summed E-state index contributed by atoms with van der Waals surface area (Å²) in [6.45, 7) is 0.926. The van der Waals surface area contributed by atoms with Crippen LogP contribution in [0.15, 0.2) is 60.0 Å². The zero-order valence-electron chi connectivity index (χ0n) is 14.8. The minimum absolute atomic E-state index is 0.0736. The van der Waals surface area contributed by atoms with Gasteiger partial charge in [-0.25, -0.2) is 4.98 Å². The first-order chi connectivity index (χ1) is 13.2. The first-order valence-electron chi connectivity index (χ1n) is 8.98. The Balaban J connectivity index is 1.34. The highest BCUT2D eigenvalue weighted by molar-refractivity contribution is 7.13. The summed E-state index contributed by atoms with van der Waals surface area (Å²) >= 11 is 1.44. The third-order valence-corrected chi connectivity index (χ3v) is 5.70. The summed E-state index contributed by atoms with van der Waals surface area (Å²) in [4.78, 5) is 16.8. The minimum Gasteiger partial charge on any atom is -0.390 e. The molecule has 5 nitrogen and oxygen atoms in total. The van der Waals surface area contributed by atoms with Gasteiger partial charge in [0, 0.05) is 30.1 Å². The molecular weight excluding hydrogens is 358 g/mol. The average Bonchev–Trinajstić information content (AvgIpc) is 3.22. The molecule has 1 aliphatic heterocycles. The fourth-order valence-corrected chi connectivity index (χ4v) is 4.08. The van der Waals surface area contributed by atoms with Gasteiger partial charge in [-0.05, 0) is 17.5 Å². The monoisotopic (exact) mass is 379 g/mol. The Kier molecular flexibility index (Phi) is 5.29. The van der Waals surface area contributed by atoms with Crippen molar-refractivity contribution in [1.82, 2.24) is 15.6 Å². The molecule has 138 valence electrons. The molecule has 3 aromatic rings. The molecule has 1 amide bonds. The summed E-state index contributed by atoms with van der Waals surface area (Å²) in [7, 11) is 0. The Labute approximate surface area is 162 Å². The van der Waals surface area contributed by atoms with Crippen LogP contribution in [0.3, 0.4) is 0 Å². The normalized spacial score (nSPS) is 17.1. The van der Waals surface area contributed by atoms with E-state index in [0.29, 0.717) is 5.69 Å². The number of aromatic nitrogens is 1. The number of carbonyl (C=O) groups is 1. The van der Waals surface area contributed by atoms with E-state index in [9.17, 15) is 9.90 Å². The van der Waals surface area contributed by atoms with E-state index in [1.165, 1.54) is 22.5 Å². The maximum Gasteiger partial charge on any atom is 0.270 e. The molecule has 6 heteroatoms. The lowest BCUT2D eigenvalue weighted by molar-refractivity contribution is 0.0866. The number of aliphatic hydroxyl groups excluding tert-OH is 1. The Morgan fingerprint density at radius 3 is 2.74 bits per heavy atom. The van der Waals surface area contributed by atoms with Gasteiger partial charge >= 0.3 is 0 Å². The van der Waals surface area contributed by atoms with E-state index in [2.05, 4.69) is 27.8 Å². The Bertz CT molecular complexity index is 926. The van der Waals surface area contributed by atoms with Crippen LogP contribution in [-0.4, -0.2) is 34.7 Å². The van der Waals surface area contributed by atoms with Crippen molar-refractivity contribution >= 4 is 17.2 Å². The molecule has 3 N–H and O–H groups in total. The number of hydrogen-bond donors (Lipinski definition) is 3. The van der Waals surface area contributed by atoms with Crippen LogP contribution in [0.4, 0.5) is 0 Å². The highest BCUT2D eigenvalue weighted by atomic mass is 32.1. The molecule has 2 atom stereocenters. The summed E-state index contributed by atoms with van der Waals surface area (Å²) in [6.07, 6.45) is 0.0942. The van der Waals surface area contributed by atoms with E-state index >= 15 is 0 Å². The van der Waals surface area contributed by atoms with Gasteiger partial charge in [-0.3, -0.25) is 4.79 Å². The number of fused-ring (bicyclic) bond motifs is 1. The van der Waals surface area contributed by atoms with Crippen LogP contribution >= 0.6 is 11.3 Å². The largest absolute Gasteiger partial charge is 0.390 e. The third-order valence-electron chi connectivity index (χ3n) is 4.81. The average molecular weight is 379 g/mol. The van der Waals surface area contributed by atoms with Crippen LogP contribution < -0.4 is 10.6 Å². The Morgan fingerprint density at radius 1 is 1.19 bits per heavy atom. The smallest absolute Gasteiger partial charge is 0.270 e. The zero-order chi connectivity index (χ0) is 18.6. The molecule has 0 saturated heterocycles. The van der Waals surface area contributed by atoms with E-state index in [-0.39, 0.29) is 18.5 Å². The van der Waals surface area contributed by atoms with Crippen molar-refractivity contribution in [1.29, 1.82) is 0 Å². The number of carbonyl (C=O) groups excluding carboxylic acids is 1. The molecule has 0 saturated carbocycles. The fraction of sp³-hybridized carbons (Fsp3) is 0.238. The number of benzene rings is 2.